The van der Waals surface area contributed by atoms with Crippen molar-refractivity contribution >= 4 is 23.4 Å². The molecule has 0 heterocycles. The lowest BCUT2D eigenvalue weighted by Gasteiger charge is -2.09. The van der Waals surface area contributed by atoms with Gasteiger partial charge in [0, 0.05) is 9.79 Å². The fraction of sp³-hybridized carbons (Fsp3) is 0.200. The predicted molar refractivity (Wildman–Crippen MR) is 79.2 cm³/mol. The molecule has 0 spiro atoms. The first-order valence-corrected chi connectivity index (χ1v) is 7.09. The monoisotopic (exact) mass is 294 g/mol. The van der Waals surface area contributed by atoms with Gasteiger partial charge in [-0.1, -0.05) is 35.5 Å². The zero-order valence-electron chi connectivity index (χ0n) is 10.8. The summed E-state index contributed by atoms with van der Waals surface area (Å²) in [6.07, 6.45) is -0.506. The van der Waals surface area contributed by atoms with Gasteiger partial charge in [0.2, 0.25) is 0 Å². The van der Waals surface area contributed by atoms with Gasteiger partial charge in [0.05, 0.1) is 18.2 Å². The minimum absolute atomic E-state index is 0.506. The average Bonchev–Trinajstić information content (AvgIpc) is 2.41. The van der Waals surface area contributed by atoms with Crippen molar-refractivity contribution in [2.45, 2.75) is 22.8 Å². The van der Waals surface area contributed by atoms with Gasteiger partial charge in [-0.15, -0.1) is 0 Å². The molecule has 0 aliphatic rings. The minimum Gasteiger partial charge on any atom is -0.497 e. The summed E-state index contributed by atoms with van der Waals surface area (Å²) >= 11 is 7.80. The molecule has 0 fully saturated rings. The maximum atomic E-state index is 9.52. The van der Waals surface area contributed by atoms with Crippen LogP contribution in [0.15, 0.2) is 52.3 Å². The second kappa shape index (κ2) is 6.33. The van der Waals surface area contributed by atoms with Crippen LogP contribution in [0.1, 0.15) is 18.6 Å². The molecule has 1 atom stereocenters. The molecule has 0 saturated heterocycles. The number of hydrogen-bond acceptors (Lipinski definition) is 3. The normalized spacial score (nSPS) is 12.2. The molecule has 0 amide bonds. The average molecular weight is 295 g/mol. The van der Waals surface area contributed by atoms with E-state index in [1.54, 1.807) is 31.9 Å². The Morgan fingerprint density at radius 3 is 2.63 bits per heavy atom. The molecule has 2 nitrogen and oxygen atoms in total. The smallest absolute Gasteiger partial charge is 0.119 e. The van der Waals surface area contributed by atoms with Crippen LogP contribution in [-0.2, 0) is 0 Å². The largest absolute Gasteiger partial charge is 0.497 e. The van der Waals surface area contributed by atoms with Crippen LogP contribution in [0.25, 0.3) is 0 Å². The first-order valence-electron chi connectivity index (χ1n) is 5.89. The number of hydrogen-bond donors (Lipinski definition) is 1. The Hall–Kier alpha value is -1.16. The van der Waals surface area contributed by atoms with Gasteiger partial charge in [-0.2, -0.15) is 0 Å². The van der Waals surface area contributed by atoms with Crippen LogP contribution in [-0.4, -0.2) is 12.2 Å². The second-order valence-corrected chi connectivity index (χ2v) is 5.67. The lowest BCUT2D eigenvalue weighted by molar-refractivity contribution is 0.199. The third-order valence-electron chi connectivity index (χ3n) is 2.71. The zero-order valence-corrected chi connectivity index (χ0v) is 12.3. The Morgan fingerprint density at radius 2 is 2.00 bits per heavy atom. The van der Waals surface area contributed by atoms with E-state index in [9.17, 15) is 5.11 Å². The highest BCUT2D eigenvalue weighted by atomic mass is 35.5. The van der Waals surface area contributed by atoms with Gasteiger partial charge < -0.3 is 9.84 Å². The van der Waals surface area contributed by atoms with Gasteiger partial charge in [-0.3, -0.25) is 0 Å². The van der Waals surface area contributed by atoms with Crippen molar-refractivity contribution in [1.29, 1.82) is 0 Å². The zero-order chi connectivity index (χ0) is 13.8. The van der Waals surface area contributed by atoms with Crippen LogP contribution in [0.4, 0.5) is 0 Å². The molecule has 0 radical (unpaired) electrons. The van der Waals surface area contributed by atoms with E-state index < -0.39 is 6.10 Å². The topological polar surface area (TPSA) is 29.5 Å². The number of benzene rings is 2. The minimum atomic E-state index is -0.506. The van der Waals surface area contributed by atoms with E-state index in [1.165, 1.54) is 0 Å². The Labute approximate surface area is 122 Å². The summed E-state index contributed by atoms with van der Waals surface area (Å²) in [4.78, 5) is 2.02. The summed E-state index contributed by atoms with van der Waals surface area (Å²) in [5, 5.41) is 10.2. The second-order valence-electron chi connectivity index (χ2n) is 4.15. The van der Waals surface area contributed by atoms with Crippen molar-refractivity contribution in [3.05, 3.63) is 53.1 Å². The maximum Gasteiger partial charge on any atom is 0.119 e. The Kier molecular flexibility index (Phi) is 4.75. The SMILES string of the molecule is COc1cccc(Sc2ccc([C@@H](C)O)cc2Cl)c1. The fourth-order valence-electron chi connectivity index (χ4n) is 1.65. The summed E-state index contributed by atoms with van der Waals surface area (Å²) in [5.41, 5.74) is 0.819. The van der Waals surface area contributed by atoms with E-state index in [2.05, 4.69) is 0 Å². The molecule has 19 heavy (non-hydrogen) atoms. The van der Waals surface area contributed by atoms with Gasteiger partial charge >= 0.3 is 0 Å². The molecule has 4 heteroatoms. The van der Waals surface area contributed by atoms with Crippen molar-refractivity contribution in [2.75, 3.05) is 7.11 Å². The highest BCUT2D eigenvalue weighted by molar-refractivity contribution is 7.99. The van der Waals surface area contributed by atoms with E-state index in [0.29, 0.717) is 5.02 Å². The first kappa shape index (κ1) is 14.3. The molecule has 0 aliphatic carbocycles. The van der Waals surface area contributed by atoms with Crippen LogP contribution >= 0.6 is 23.4 Å². The lowest BCUT2D eigenvalue weighted by Crippen LogP contribution is -1.90. The molecular formula is C15H15ClO2S. The highest BCUT2D eigenvalue weighted by Crippen LogP contribution is 2.35. The van der Waals surface area contributed by atoms with Crippen LogP contribution < -0.4 is 4.74 Å². The third kappa shape index (κ3) is 3.66. The van der Waals surface area contributed by atoms with Crippen molar-refractivity contribution in [3.63, 3.8) is 0 Å². The van der Waals surface area contributed by atoms with Crippen molar-refractivity contribution in [1.82, 2.24) is 0 Å². The molecule has 2 aromatic carbocycles. The predicted octanol–water partition coefficient (Wildman–Crippen LogP) is 4.55. The molecule has 0 bridgehead atoms. The standard InChI is InChI=1S/C15H15ClO2S/c1-10(17)11-6-7-15(14(16)8-11)19-13-5-3-4-12(9-13)18-2/h3-10,17H,1-2H3/t10-/m1/s1. The number of rotatable bonds is 4. The Balaban J connectivity index is 2.23. The fourth-order valence-corrected chi connectivity index (χ4v) is 2.82. The quantitative estimate of drug-likeness (QED) is 0.897. The van der Waals surface area contributed by atoms with Crippen molar-refractivity contribution in [3.8, 4) is 5.75 Å². The summed E-state index contributed by atoms with van der Waals surface area (Å²) in [5.74, 6) is 0.821. The molecule has 2 rings (SSSR count). The van der Waals surface area contributed by atoms with E-state index in [1.807, 2.05) is 36.4 Å². The van der Waals surface area contributed by atoms with Crippen molar-refractivity contribution < 1.29 is 9.84 Å². The van der Waals surface area contributed by atoms with E-state index >= 15 is 0 Å². The number of ether oxygens (including phenoxy) is 1. The summed E-state index contributed by atoms with van der Waals surface area (Å²) in [7, 11) is 1.65. The van der Waals surface area contributed by atoms with E-state index in [-0.39, 0.29) is 0 Å². The molecule has 2 aromatic rings. The van der Waals surface area contributed by atoms with Gasteiger partial charge in [0.15, 0.2) is 0 Å². The van der Waals surface area contributed by atoms with Crippen molar-refractivity contribution in [2.24, 2.45) is 0 Å². The number of methoxy groups -OCH3 is 1. The van der Waals surface area contributed by atoms with Crippen LogP contribution in [0, 0.1) is 0 Å². The molecule has 0 aliphatic heterocycles. The highest BCUT2D eigenvalue weighted by Gasteiger charge is 2.07. The third-order valence-corrected chi connectivity index (χ3v) is 4.20. The molecule has 1 N–H and O–H groups in total. The van der Waals surface area contributed by atoms with Gasteiger partial charge in [-0.25, -0.2) is 0 Å². The number of halogens is 1. The van der Waals surface area contributed by atoms with Gasteiger partial charge in [-0.05, 0) is 42.8 Å². The van der Waals surface area contributed by atoms with E-state index in [4.69, 9.17) is 16.3 Å². The van der Waals surface area contributed by atoms with Gasteiger partial charge in [0.1, 0.15) is 5.75 Å². The number of aliphatic hydroxyl groups is 1. The summed E-state index contributed by atoms with van der Waals surface area (Å²) in [6, 6.07) is 13.4. The van der Waals surface area contributed by atoms with Crippen LogP contribution in [0.5, 0.6) is 5.75 Å². The Bertz CT molecular complexity index is 570. The molecule has 0 aromatic heterocycles. The molecule has 0 unspecified atom stereocenters. The summed E-state index contributed by atoms with van der Waals surface area (Å²) in [6.45, 7) is 1.72. The van der Waals surface area contributed by atoms with E-state index in [0.717, 1.165) is 21.1 Å². The Morgan fingerprint density at radius 1 is 1.21 bits per heavy atom. The van der Waals surface area contributed by atoms with Gasteiger partial charge in [0.25, 0.3) is 0 Å². The molecule has 0 saturated carbocycles. The first-order chi connectivity index (χ1) is 9.10. The lowest BCUT2D eigenvalue weighted by atomic mass is 10.1. The van der Waals surface area contributed by atoms with Crippen LogP contribution in [0.2, 0.25) is 5.02 Å². The molecular weight excluding hydrogens is 280 g/mol. The molecule has 100 valence electrons. The number of aliphatic hydroxyl groups excluding tert-OH is 1. The summed E-state index contributed by atoms with van der Waals surface area (Å²) < 4.78 is 5.19. The van der Waals surface area contributed by atoms with Crippen LogP contribution in [0.3, 0.4) is 0 Å². The maximum absolute atomic E-state index is 9.52.